The van der Waals surface area contributed by atoms with Gasteiger partial charge in [0.25, 0.3) is 0 Å². The molecule has 8 heteroatoms. The SMILES string of the molecule is OC(C(F)C(F)C(F)CCCCF)C(O)(O)O. The first-order chi connectivity index (χ1) is 7.71. The summed E-state index contributed by atoms with van der Waals surface area (Å²) in [6.07, 6.45) is -11.5. The Bertz CT molecular complexity index is 212. The number of hydrogen-bond donors (Lipinski definition) is 4. The van der Waals surface area contributed by atoms with Crippen LogP contribution in [0.3, 0.4) is 0 Å². The fourth-order valence-electron chi connectivity index (χ4n) is 1.18. The Morgan fingerprint density at radius 2 is 1.47 bits per heavy atom. The van der Waals surface area contributed by atoms with Crippen molar-refractivity contribution in [1.82, 2.24) is 0 Å². The van der Waals surface area contributed by atoms with Crippen LogP contribution >= 0.6 is 0 Å². The summed E-state index contributed by atoms with van der Waals surface area (Å²) in [5.41, 5.74) is 0. The van der Waals surface area contributed by atoms with E-state index in [0.29, 0.717) is 0 Å². The van der Waals surface area contributed by atoms with Gasteiger partial charge in [0.15, 0.2) is 18.4 Å². The molecule has 4 nitrogen and oxygen atoms in total. The number of aliphatic hydroxyl groups is 4. The smallest absolute Gasteiger partial charge is 0.306 e. The summed E-state index contributed by atoms with van der Waals surface area (Å²) < 4.78 is 50.8. The van der Waals surface area contributed by atoms with Crippen LogP contribution in [0.2, 0.25) is 0 Å². The number of unbranched alkanes of at least 4 members (excludes halogenated alkanes) is 1. The van der Waals surface area contributed by atoms with E-state index in [4.69, 9.17) is 20.4 Å². The van der Waals surface area contributed by atoms with E-state index in [0.717, 1.165) is 0 Å². The molecule has 0 aliphatic carbocycles. The van der Waals surface area contributed by atoms with E-state index in [1.165, 1.54) is 0 Å². The molecule has 0 spiro atoms. The Balaban J connectivity index is 4.23. The zero-order valence-corrected chi connectivity index (χ0v) is 8.94. The second-order valence-corrected chi connectivity index (χ2v) is 3.72. The number of hydrogen-bond acceptors (Lipinski definition) is 4. The van der Waals surface area contributed by atoms with Crippen molar-refractivity contribution in [3.05, 3.63) is 0 Å². The van der Waals surface area contributed by atoms with E-state index in [9.17, 15) is 17.6 Å². The Morgan fingerprint density at radius 3 is 1.88 bits per heavy atom. The summed E-state index contributed by atoms with van der Waals surface area (Å²) in [5.74, 6) is -3.84. The number of aliphatic hydroxyl groups excluding tert-OH is 1. The lowest BCUT2D eigenvalue weighted by Gasteiger charge is -2.27. The fraction of sp³-hybridized carbons (Fsp3) is 1.00. The molecule has 0 aliphatic heterocycles. The van der Waals surface area contributed by atoms with Gasteiger partial charge < -0.3 is 20.4 Å². The van der Waals surface area contributed by atoms with Crippen molar-refractivity contribution >= 4 is 0 Å². The van der Waals surface area contributed by atoms with Crippen molar-refractivity contribution in [2.45, 2.75) is 49.9 Å². The largest absolute Gasteiger partial charge is 0.382 e. The van der Waals surface area contributed by atoms with Gasteiger partial charge in [0, 0.05) is 0 Å². The van der Waals surface area contributed by atoms with E-state index in [2.05, 4.69) is 0 Å². The number of alkyl halides is 4. The molecule has 0 heterocycles. The van der Waals surface area contributed by atoms with Crippen LogP contribution in [-0.4, -0.2) is 57.7 Å². The van der Waals surface area contributed by atoms with Gasteiger partial charge in [-0.2, -0.15) is 0 Å². The second-order valence-electron chi connectivity index (χ2n) is 3.72. The minimum atomic E-state index is -3.84. The highest BCUT2D eigenvalue weighted by Crippen LogP contribution is 2.22. The predicted octanol–water partition coefficient (Wildman–Crippen LogP) is 0.132. The highest BCUT2D eigenvalue weighted by Gasteiger charge is 2.44. The third-order valence-electron chi connectivity index (χ3n) is 2.21. The molecule has 104 valence electrons. The molecule has 0 saturated heterocycles. The molecule has 0 aromatic carbocycles. The summed E-state index contributed by atoms with van der Waals surface area (Å²) >= 11 is 0. The summed E-state index contributed by atoms with van der Waals surface area (Å²) in [5, 5.41) is 33.9. The lowest BCUT2D eigenvalue weighted by atomic mass is 10.0. The third kappa shape index (κ3) is 5.62. The van der Waals surface area contributed by atoms with Gasteiger partial charge in [-0.05, 0) is 19.3 Å². The summed E-state index contributed by atoms with van der Waals surface area (Å²) in [6, 6.07) is 0. The van der Waals surface area contributed by atoms with Gasteiger partial charge in [0.2, 0.25) is 0 Å². The molecule has 0 fully saturated rings. The molecule has 4 atom stereocenters. The Morgan fingerprint density at radius 1 is 0.941 bits per heavy atom. The van der Waals surface area contributed by atoms with Crippen LogP contribution in [0.5, 0.6) is 0 Å². The summed E-state index contributed by atoms with van der Waals surface area (Å²) in [6.45, 7) is -0.710. The van der Waals surface area contributed by atoms with Crippen molar-refractivity contribution in [1.29, 1.82) is 0 Å². The van der Waals surface area contributed by atoms with Crippen LogP contribution in [0.15, 0.2) is 0 Å². The third-order valence-corrected chi connectivity index (χ3v) is 2.21. The van der Waals surface area contributed by atoms with Gasteiger partial charge in [0.1, 0.15) is 6.17 Å². The zero-order valence-electron chi connectivity index (χ0n) is 8.94. The zero-order chi connectivity index (χ0) is 13.6. The Kier molecular flexibility index (Phi) is 6.91. The Labute approximate surface area is 95.5 Å². The molecule has 0 saturated carbocycles. The van der Waals surface area contributed by atoms with Gasteiger partial charge in [-0.3, -0.25) is 4.39 Å². The lowest BCUT2D eigenvalue weighted by molar-refractivity contribution is -0.365. The molecule has 0 aromatic rings. The molecule has 17 heavy (non-hydrogen) atoms. The van der Waals surface area contributed by atoms with Crippen LogP contribution < -0.4 is 0 Å². The molecule has 0 bridgehead atoms. The van der Waals surface area contributed by atoms with Gasteiger partial charge in [-0.1, -0.05) is 0 Å². The van der Waals surface area contributed by atoms with E-state index >= 15 is 0 Å². The highest BCUT2D eigenvalue weighted by molar-refractivity contribution is 4.85. The number of halogens is 4. The van der Waals surface area contributed by atoms with Gasteiger partial charge in [-0.15, -0.1) is 0 Å². The van der Waals surface area contributed by atoms with E-state index < -0.39 is 43.7 Å². The Hall–Kier alpha value is -0.440. The predicted molar refractivity (Wildman–Crippen MR) is 49.9 cm³/mol. The molecule has 0 radical (unpaired) electrons. The first-order valence-electron chi connectivity index (χ1n) is 5.05. The standard InChI is InChI=1S/C9H16F4O4/c10-4-2-1-3-5(11)6(12)7(13)8(14)9(15,16)17/h5-8,14-17H,1-4H2. The molecule has 4 unspecified atom stereocenters. The van der Waals surface area contributed by atoms with E-state index in [1.54, 1.807) is 0 Å². The fourth-order valence-corrected chi connectivity index (χ4v) is 1.18. The minimum absolute atomic E-state index is 0.00339. The molecule has 0 amide bonds. The van der Waals surface area contributed by atoms with Crippen molar-refractivity contribution in [2.24, 2.45) is 0 Å². The summed E-state index contributed by atoms with van der Waals surface area (Å²) in [4.78, 5) is 0. The van der Waals surface area contributed by atoms with Crippen LogP contribution in [0, 0.1) is 0 Å². The molecule has 0 rings (SSSR count). The first kappa shape index (κ1) is 16.6. The maximum atomic E-state index is 13.1. The van der Waals surface area contributed by atoms with Crippen molar-refractivity contribution < 1.29 is 38.0 Å². The van der Waals surface area contributed by atoms with Crippen LogP contribution in [0.4, 0.5) is 17.6 Å². The van der Waals surface area contributed by atoms with Gasteiger partial charge in [-0.25, -0.2) is 13.2 Å². The maximum absolute atomic E-state index is 13.1. The topological polar surface area (TPSA) is 80.9 Å². The van der Waals surface area contributed by atoms with Crippen LogP contribution in [-0.2, 0) is 0 Å². The van der Waals surface area contributed by atoms with Crippen LogP contribution in [0.25, 0.3) is 0 Å². The minimum Gasteiger partial charge on any atom is -0.382 e. The van der Waals surface area contributed by atoms with Crippen molar-refractivity contribution in [3.8, 4) is 0 Å². The molecule has 0 aromatic heterocycles. The van der Waals surface area contributed by atoms with Crippen molar-refractivity contribution in [3.63, 3.8) is 0 Å². The highest BCUT2D eigenvalue weighted by atomic mass is 19.2. The first-order valence-corrected chi connectivity index (χ1v) is 5.05. The monoisotopic (exact) mass is 264 g/mol. The van der Waals surface area contributed by atoms with Gasteiger partial charge >= 0.3 is 5.97 Å². The average molecular weight is 264 g/mol. The second kappa shape index (κ2) is 7.10. The molecular weight excluding hydrogens is 248 g/mol. The van der Waals surface area contributed by atoms with Gasteiger partial charge in [0.05, 0.1) is 6.67 Å². The molecular formula is C9H16F4O4. The van der Waals surface area contributed by atoms with E-state index in [-0.39, 0.29) is 12.8 Å². The van der Waals surface area contributed by atoms with Crippen molar-refractivity contribution in [2.75, 3.05) is 6.67 Å². The molecule has 0 aliphatic rings. The number of rotatable bonds is 8. The molecule has 4 N–H and O–H groups in total. The van der Waals surface area contributed by atoms with E-state index in [1.807, 2.05) is 0 Å². The lowest BCUT2D eigenvalue weighted by Crippen LogP contribution is -2.52. The maximum Gasteiger partial charge on any atom is 0.306 e. The average Bonchev–Trinajstić information content (AvgIpc) is 2.25. The normalized spacial score (nSPS) is 19.8. The van der Waals surface area contributed by atoms with Crippen LogP contribution in [0.1, 0.15) is 19.3 Å². The summed E-state index contributed by atoms with van der Waals surface area (Å²) in [7, 11) is 0. The quantitative estimate of drug-likeness (QED) is 0.285.